The van der Waals surface area contributed by atoms with Crippen molar-refractivity contribution in [3.05, 3.63) is 29.3 Å². The molecule has 0 radical (unpaired) electrons. The van der Waals surface area contributed by atoms with Crippen molar-refractivity contribution in [2.45, 2.75) is 89.8 Å². The lowest BCUT2D eigenvalue weighted by Gasteiger charge is -2.22. The first-order valence-electron chi connectivity index (χ1n) is 11.5. The van der Waals surface area contributed by atoms with E-state index in [2.05, 4.69) is 12.2 Å². The zero-order valence-electron chi connectivity index (χ0n) is 19.5. The van der Waals surface area contributed by atoms with E-state index >= 15 is 0 Å². The van der Waals surface area contributed by atoms with E-state index in [9.17, 15) is 27.3 Å². The highest BCUT2D eigenvalue weighted by atomic mass is 32.2. The Bertz CT molecular complexity index is 820. The summed E-state index contributed by atoms with van der Waals surface area (Å²) in [6.45, 7) is 3.43. The highest BCUT2D eigenvalue weighted by molar-refractivity contribution is 7.84. The summed E-state index contributed by atoms with van der Waals surface area (Å²) in [5, 5.41) is 21.6. The normalized spacial score (nSPS) is 14.3. The number of carbonyl (C=O) groups excluding carboxylic acids is 1. The summed E-state index contributed by atoms with van der Waals surface area (Å²) in [6.07, 6.45) is 4.05. The second kappa shape index (κ2) is 14.4. The molecule has 1 rings (SSSR count). The molecule has 9 heteroatoms. The predicted octanol–water partition coefficient (Wildman–Crippen LogP) is 5.94. The third-order valence-electron chi connectivity index (χ3n) is 5.45. The second-order valence-electron chi connectivity index (χ2n) is 8.52. The highest BCUT2D eigenvalue weighted by Crippen LogP contribution is 2.33. The number of benzene rings is 1. The Morgan fingerprint density at radius 2 is 1.64 bits per heavy atom. The zero-order chi connectivity index (χ0) is 24.9. The highest BCUT2D eigenvalue weighted by Gasteiger charge is 2.35. The number of nitriles is 1. The van der Waals surface area contributed by atoms with Crippen molar-refractivity contribution in [2.24, 2.45) is 0 Å². The standard InChI is InChI=1S/C24H35F3N2O3S/c1-3-4-15-33(32)16-11-9-7-5-6-8-10-14-23(2,31)22(30)29-20-13-12-19(18-28)21(17-20)24(25,26)27/h12-13,17,31H,3-11,14-16H2,1-2H3,(H,29,30)/t23-,33?/m0/s1. The molecule has 0 bridgehead atoms. The number of rotatable bonds is 15. The van der Waals surface area contributed by atoms with E-state index in [0.29, 0.717) is 12.5 Å². The van der Waals surface area contributed by atoms with Crippen LogP contribution in [0, 0.1) is 11.3 Å². The molecule has 0 aliphatic heterocycles. The van der Waals surface area contributed by atoms with Crippen molar-refractivity contribution in [1.29, 1.82) is 5.26 Å². The average Bonchev–Trinajstić information content (AvgIpc) is 2.75. The van der Waals surface area contributed by atoms with Gasteiger partial charge in [-0.2, -0.15) is 18.4 Å². The average molecular weight is 489 g/mol. The minimum Gasteiger partial charge on any atom is -0.380 e. The smallest absolute Gasteiger partial charge is 0.380 e. The van der Waals surface area contributed by atoms with E-state index in [1.165, 1.54) is 19.1 Å². The van der Waals surface area contributed by atoms with Gasteiger partial charge in [0.05, 0.1) is 17.2 Å². The quantitative estimate of drug-likeness (QED) is 0.299. The molecule has 1 amide bonds. The number of amides is 1. The number of halogens is 3. The first kappa shape index (κ1) is 29.1. The van der Waals surface area contributed by atoms with Gasteiger partial charge in [-0.15, -0.1) is 0 Å². The fourth-order valence-electron chi connectivity index (χ4n) is 3.36. The predicted molar refractivity (Wildman–Crippen MR) is 125 cm³/mol. The van der Waals surface area contributed by atoms with Gasteiger partial charge in [0.2, 0.25) is 0 Å². The largest absolute Gasteiger partial charge is 0.417 e. The molecule has 0 saturated heterocycles. The fraction of sp³-hybridized carbons (Fsp3) is 0.667. The maximum Gasteiger partial charge on any atom is 0.417 e. The molecule has 0 aliphatic rings. The zero-order valence-corrected chi connectivity index (χ0v) is 20.3. The Morgan fingerprint density at radius 1 is 1.06 bits per heavy atom. The number of anilines is 1. The third kappa shape index (κ3) is 11.2. The summed E-state index contributed by atoms with van der Waals surface area (Å²) in [5.74, 6) is 0.775. The van der Waals surface area contributed by atoms with Crippen LogP contribution in [-0.4, -0.2) is 32.3 Å². The molecule has 5 nitrogen and oxygen atoms in total. The number of aliphatic hydroxyl groups is 1. The lowest BCUT2D eigenvalue weighted by atomic mass is 9.96. The molecule has 1 aromatic carbocycles. The van der Waals surface area contributed by atoms with Crippen LogP contribution in [0.2, 0.25) is 0 Å². The summed E-state index contributed by atoms with van der Waals surface area (Å²) in [7, 11) is -0.703. The van der Waals surface area contributed by atoms with Crippen LogP contribution in [0.3, 0.4) is 0 Å². The molecule has 0 spiro atoms. The van der Waals surface area contributed by atoms with Crippen molar-refractivity contribution in [3.8, 4) is 6.07 Å². The molecule has 1 aromatic rings. The first-order chi connectivity index (χ1) is 15.5. The van der Waals surface area contributed by atoms with E-state index in [-0.39, 0.29) is 12.1 Å². The molecule has 0 heterocycles. The Kier molecular flexibility index (Phi) is 12.7. The van der Waals surface area contributed by atoms with E-state index in [1.54, 1.807) is 0 Å². The maximum absolute atomic E-state index is 13.1. The van der Waals surface area contributed by atoms with Gasteiger partial charge in [0.25, 0.3) is 5.91 Å². The first-order valence-corrected chi connectivity index (χ1v) is 13.0. The van der Waals surface area contributed by atoms with Gasteiger partial charge < -0.3 is 10.4 Å². The van der Waals surface area contributed by atoms with Crippen molar-refractivity contribution in [1.82, 2.24) is 0 Å². The second-order valence-corrected chi connectivity index (χ2v) is 10.2. The summed E-state index contributed by atoms with van der Waals surface area (Å²) in [6, 6.07) is 4.39. The van der Waals surface area contributed by atoms with Crippen molar-refractivity contribution in [2.75, 3.05) is 16.8 Å². The lowest BCUT2D eigenvalue weighted by Crippen LogP contribution is -2.40. The van der Waals surface area contributed by atoms with Crippen LogP contribution in [0.4, 0.5) is 18.9 Å². The Hall–Kier alpha value is -1.92. The van der Waals surface area contributed by atoms with Gasteiger partial charge in [-0.25, -0.2) is 0 Å². The van der Waals surface area contributed by atoms with Gasteiger partial charge in [-0.3, -0.25) is 9.00 Å². The summed E-state index contributed by atoms with van der Waals surface area (Å²) >= 11 is 0. The van der Waals surface area contributed by atoms with Crippen LogP contribution in [0.15, 0.2) is 18.2 Å². The fourth-order valence-corrected chi connectivity index (χ4v) is 4.70. The monoisotopic (exact) mass is 488 g/mol. The molecule has 2 N–H and O–H groups in total. The minimum absolute atomic E-state index is 0.123. The number of hydrogen-bond acceptors (Lipinski definition) is 4. The Balaban J connectivity index is 2.34. The number of nitrogens with one attached hydrogen (secondary N) is 1. The van der Waals surface area contributed by atoms with Gasteiger partial charge in [-0.05, 0) is 44.4 Å². The van der Waals surface area contributed by atoms with Gasteiger partial charge in [-0.1, -0.05) is 51.9 Å². The van der Waals surface area contributed by atoms with E-state index in [4.69, 9.17) is 5.26 Å². The van der Waals surface area contributed by atoms with Gasteiger partial charge in [0.15, 0.2) is 0 Å². The maximum atomic E-state index is 13.1. The molecular weight excluding hydrogens is 453 g/mol. The number of nitrogens with zero attached hydrogens (tertiary/aromatic N) is 1. The number of carbonyl (C=O) groups is 1. The van der Waals surface area contributed by atoms with Crippen molar-refractivity contribution < 1.29 is 27.3 Å². The van der Waals surface area contributed by atoms with Gasteiger partial charge in [0.1, 0.15) is 5.60 Å². The molecule has 0 aliphatic carbocycles. The van der Waals surface area contributed by atoms with Crippen LogP contribution in [-0.2, 0) is 21.8 Å². The molecule has 0 fully saturated rings. The SMILES string of the molecule is CCCCS(=O)CCCCCCCCC[C@](C)(O)C(=O)Nc1ccc(C#N)c(C(F)(F)F)c1. The van der Waals surface area contributed by atoms with E-state index in [1.807, 2.05) is 0 Å². The topological polar surface area (TPSA) is 90.2 Å². The third-order valence-corrected chi connectivity index (χ3v) is 6.94. The number of hydrogen-bond donors (Lipinski definition) is 2. The van der Waals surface area contributed by atoms with Crippen molar-refractivity contribution in [3.63, 3.8) is 0 Å². The molecular formula is C24H35F3N2O3S. The minimum atomic E-state index is -4.72. The summed E-state index contributed by atoms with van der Waals surface area (Å²) in [5.41, 5.74) is -3.50. The molecule has 0 saturated carbocycles. The van der Waals surface area contributed by atoms with Crippen LogP contribution < -0.4 is 5.32 Å². The summed E-state index contributed by atoms with van der Waals surface area (Å²) in [4.78, 5) is 12.4. The van der Waals surface area contributed by atoms with E-state index in [0.717, 1.165) is 68.9 Å². The Labute approximate surface area is 197 Å². The van der Waals surface area contributed by atoms with Crippen LogP contribution in [0.5, 0.6) is 0 Å². The van der Waals surface area contributed by atoms with E-state index < -0.39 is 39.6 Å². The number of unbranched alkanes of at least 4 members (excludes halogenated alkanes) is 7. The molecule has 33 heavy (non-hydrogen) atoms. The van der Waals surface area contributed by atoms with Crippen molar-refractivity contribution >= 4 is 22.4 Å². The Morgan fingerprint density at radius 3 is 2.21 bits per heavy atom. The molecule has 186 valence electrons. The lowest BCUT2D eigenvalue weighted by molar-refractivity contribution is -0.138. The van der Waals surface area contributed by atoms with Crippen LogP contribution in [0.25, 0.3) is 0 Å². The van der Waals surface area contributed by atoms with Gasteiger partial charge >= 0.3 is 6.18 Å². The molecule has 1 unspecified atom stereocenters. The molecule has 0 aromatic heterocycles. The summed E-state index contributed by atoms with van der Waals surface area (Å²) < 4.78 is 51.0. The molecule has 2 atom stereocenters. The van der Waals surface area contributed by atoms with Crippen LogP contribution >= 0.6 is 0 Å². The van der Waals surface area contributed by atoms with Gasteiger partial charge in [0, 0.05) is 28.0 Å². The number of alkyl halides is 3. The van der Waals surface area contributed by atoms with Crippen LogP contribution in [0.1, 0.15) is 89.2 Å².